The van der Waals surface area contributed by atoms with Crippen LogP contribution < -0.4 is 5.32 Å². The fourth-order valence-electron chi connectivity index (χ4n) is 1.59. The van der Waals surface area contributed by atoms with Crippen LogP contribution in [0, 0.1) is 24.0 Å². The van der Waals surface area contributed by atoms with Gasteiger partial charge in [0.2, 0.25) is 5.69 Å². The van der Waals surface area contributed by atoms with Gasteiger partial charge >= 0.3 is 5.69 Å². The molecule has 19 heavy (non-hydrogen) atoms. The second-order valence-corrected chi connectivity index (χ2v) is 3.92. The molecule has 0 spiro atoms. The van der Waals surface area contributed by atoms with Gasteiger partial charge in [0.25, 0.3) is 5.91 Å². The number of pyridine rings is 1. The molecule has 0 bridgehead atoms. The molecule has 2 aromatic rings. The highest BCUT2D eigenvalue weighted by Crippen LogP contribution is 2.20. The van der Waals surface area contributed by atoms with Crippen molar-refractivity contribution >= 4 is 17.4 Å². The SMILES string of the molecule is Cc1cccc(NC(=O)c2n[nH]c(C)c2[N+](=O)[O-])n1. The van der Waals surface area contributed by atoms with Crippen molar-refractivity contribution in [3.8, 4) is 0 Å². The lowest BCUT2D eigenvalue weighted by molar-refractivity contribution is -0.385. The molecule has 1 amide bonds. The van der Waals surface area contributed by atoms with E-state index in [1.54, 1.807) is 25.1 Å². The number of nitro groups is 1. The van der Waals surface area contributed by atoms with Gasteiger partial charge in [0, 0.05) is 5.69 Å². The third kappa shape index (κ3) is 2.57. The molecule has 0 saturated heterocycles. The zero-order valence-corrected chi connectivity index (χ0v) is 10.3. The number of hydrogen-bond acceptors (Lipinski definition) is 5. The van der Waals surface area contributed by atoms with Crippen molar-refractivity contribution in [1.82, 2.24) is 15.2 Å². The van der Waals surface area contributed by atoms with E-state index in [9.17, 15) is 14.9 Å². The summed E-state index contributed by atoms with van der Waals surface area (Å²) in [5.41, 5.74) is 0.369. The van der Waals surface area contributed by atoms with Crippen LogP contribution in [0.3, 0.4) is 0 Å². The lowest BCUT2D eigenvalue weighted by Crippen LogP contribution is -2.15. The maximum Gasteiger partial charge on any atom is 0.322 e. The summed E-state index contributed by atoms with van der Waals surface area (Å²) in [5.74, 6) is -0.353. The molecule has 0 aliphatic carbocycles. The van der Waals surface area contributed by atoms with E-state index in [1.807, 2.05) is 0 Å². The standard InChI is InChI=1S/C11H11N5O3/c1-6-4-3-5-8(12-6)13-11(17)9-10(16(18)19)7(2)14-15-9/h3-5H,1-2H3,(H,14,15)(H,12,13,17). The number of hydrogen-bond donors (Lipinski definition) is 2. The molecule has 0 aliphatic heterocycles. The van der Waals surface area contributed by atoms with E-state index in [2.05, 4.69) is 20.5 Å². The van der Waals surface area contributed by atoms with E-state index in [1.165, 1.54) is 6.92 Å². The molecule has 0 saturated carbocycles. The van der Waals surface area contributed by atoms with E-state index in [0.717, 1.165) is 5.69 Å². The normalized spacial score (nSPS) is 10.2. The van der Waals surface area contributed by atoms with Crippen LogP contribution in [0.2, 0.25) is 0 Å². The van der Waals surface area contributed by atoms with Gasteiger partial charge in [0.1, 0.15) is 11.5 Å². The molecule has 2 rings (SSSR count). The number of carbonyl (C=O) groups excluding carboxylic acids is 1. The molecule has 8 nitrogen and oxygen atoms in total. The van der Waals surface area contributed by atoms with Gasteiger partial charge in [0.15, 0.2) is 0 Å². The fourth-order valence-corrected chi connectivity index (χ4v) is 1.59. The van der Waals surface area contributed by atoms with Crippen LogP contribution >= 0.6 is 0 Å². The van der Waals surface area contributed by atoms with Gasteiger partial charge in [-0.3, -0.25) is 20.0 Å². The minimum atomic E-state index is -0.672. The maximum absolute atomic E-state index is 11.9. The van der Waals surface area contributed by atoms with Crippen LogP contribution in [0.1, 0.15) is 21.9 Å². The zero-order valence-electron chi connectivity index (χ0n) is 10.3. The predicted octanol–water partition coefficient (Wildman–Crippen LogP) is 1.58. The monoisotopic (exact) mass is 261 g/mol. The molecule has 2 aromatic heterocycles. The van der Waals surface area contributed by atoms with E-state index in [-0.39, 0.29) is 17.1 Å². The van der Waals surface area contributed by atoms with Crippen molar-refractivity contribution < 1.29 is 9.72 Å². The van der Waals surface area contributed by atoms with Crippen LogP contribution in [0.5, 0.6) is 0 Å². The first-order chi connectivity index (χ1) is 8.99. The molecule has 0 atom stereocenters. The van der Waals surface area contributed by atoms with Crippen molar-refractivity contribution in [2.24, 2.45) is 0 Å². The Labute approximate surface area is 108 Å². The van der Waals surface area contributed by atoms with Crippen molar-refractivity contribution in [3.05, 3.63) is 45.4 Å². The first-order valence-corrected chi connectivity index (χ1v) is 5.43. The Hall–Kier alpha value is -2.77. The Morgan fingerprint density at radius 2 is 2.16 bits per heavy atom. The number of nitrogens with one attached hydrogen (secondary N) is 2. The molecular formula is C11H11N5O3. The van der Waals surface area contributed by atoms with Gasteiger partial charge in [-0.05, 0) is 26.0 Å². The van der Waals surface area contributed by atoms with Gasteiger partial charge < -0.3 is 5.32 Å². The number of amides is 1. The van der Waals surface area contributed by atoms with Crippen LogP contribution in [-0.2, 0) is 0 Å². The Morgan fingerprint density at radius 3 is 2.79 bits per heavy atom. The number of rotatable bonds is 3. The number of carbonyl (C=O) groups is 1. The molecule has 0 fully saturated rings. The first-order valence-electron chi connectivity index (χ1n) is 5.43. The third-order valence-electron chi connectivity index (χ3n) is 2.44. The van der Waals surface area contributed by atoms with Gasteiger partial charge in [-0.25, -0.2) is 4.98 Å². The van der Waals surface area contributed by atoms with Crippen LogP contribution in [0.25, 0.3) is 0 Å². The Morgan fingerprint density at radius 1 is 1.42 bits per heavy atom. The van der Waals surface area contributed by atoms with Crippen LogP contribution in [-0.4, -0.2) is 26.0 Å². The Kier molecular flexibility index (Phi) is 3.23. The second-order valence-electron chi connectivity index (χ2n) is 3.92. The summed E-state index contributed by atoms with van der Waals surface area (Å²) in [7, 11) is 0. The third-order valence-corrected chi connectivity index (χ3v) is 2.44. The second kappa shape index (κ2) is 4.84. The van der Waals surface area contributed by atoms with Crippen LogP contribution in [0.15, 0.2) is 18.2 Å². The fraction of sp³-hybridized carbons (Fsp3) is 0.182. The molecular weight excluding hydrogens is 250 g/mol. The predicted molar refractivity (Wildman–Crippen MR) is 66.9 cm³/mol. The summed E-state index contributed by atoms with van der Waals surface area (Å²) in [5, 5.41) is 19.4. The van der Waals surface area contributed by atoms with Gasteiger partial charge in [0.05, 0.1) is 4.92 Å². The topological polar surface area (TPSA) is 114 Å². The molecule has 2 heterocycles. The quantitative estimate of drug-likeness (QED) is 0.643. The number of anilines is 1. The van der Waals surface area contributed by atoms with Gasteiger partial charge in [-0.2, -0.15) is 5.10 Å². The first kappa shape index (κ1) is 12.7. The summed E-state index contributed by atoms with van der Waals surface area (Å²) < 4.78 is 0. The summed E-state index contributed by atoms with van der Waals surface area (Å²) in [6.45, 7) is 3.25. The van der Waals surface area contributed by atoms with Crippen molar-refractivity contribution in [2.45, 2.75) is 13.8 Å². The molecule has 98 valence electrons. The van der Waals surface area contributed by atoms with E-state index < -0.39 is 10.8 Å². The number of aryl methyl sites for hydroxylation is 2. The Bertz CT molecular complexity index is 650. The zero-order chi connectivity index (χ0) is 14.0. The molecule has 8 heteroatoms. The molecule has 2 N–H and O–H groups in total. The lowest BCUT2D eigenvalue weighted by atomic mass is 10.3. The summed E-state index contributed by atoms with van der Waals surface area (Å²) in [6.07, 6.45) is 0. The molecule has 0 aliphatic rings. The van der Waals surface area contributed by atoms with Crippen molar-refractivity contribution in [3.63, 3.8) is 0 Å². The highest BCUT2D eigenvalue weighted by molar-refractivity contribution is 6.05. The van der Waals surface area contributed by atoms with E-state index in [4.69, 9.17) is 0 Å². The van der Waals surface area contributed by atoms with Gasteiger partial charge in [-0.1, -0.05) is 6.07 Å². The molecule has 0 radical (unpaired) electrons. The highest BCUT2D eigenvalue weighted by atomic mass is 16.6. The summed E-state index contributed by atoms with van der Waals surface area (Å²) in [6, 6.07) is 5.09. The lowest BCUT2D eigenvalue weighted by Gasteiger charge is -2.02. The number of aromatic amines is 1. The average Bonchev–Trinajstić information content (AvgIpc) is 2.71. The minimum absolute atomic E-state index is 0.229. The largest absolute Gasteiger partial charge is 0.322 e. The minimum Gasteiger partial charge on any atom is -0.305 e. The summed E-state index contributed by atoms with van der Waals surface area (Å²) in [4.78, 5) is 26.2. The van der Waals surface area contributed by atoms with Crippen LogP contribution in [0.4, 0.5) is 11.5 Å². The number of aromatic nitrogens is 3. The highest BCUT2D eigenvalue weighted by Gasteiger charge is 2.27. The molecule has 0 aromatic carbocycles. The smallest absolute Gasteiger partial charge is 0.305 e. The number of H-pyrrole nitrogens is 1. The van der Waals surface area contributed by atoms with E-state index >= 15 is 0 Å². The Balaban J connectivity index is 2.28. The van der Waals surface area contributed by atoms with Gasteiger partial charge in [-0.15, -0.1) is 0 Å². The average molecular weight is 261 g/mol. The number of nitrogens with zero attached hydrogens (tertiary/aromatic N) is 3. The van der Waals surface area contributed by atoms with Crippen molar-refractivity contribution in [2.75, 3.05) is 5.32 Å². The summed E-state index contributed by atoms with van der Waals surface area (Å²) >= 11 is 0. The molecule has 0 unspecified atom stereocenters. The maximum atomic E-state index is 11.9. The van der Waals surface area contributed by atoms with E-state index in [0.29, 0.717) is 5.82 Å². The van der Waals surface area contributed by atoms with Crippen molar-refractivity contribution in [1.29, 1.82) is 0 Å².